The maximum absolute atomic E-state index is 13.1. The van der Waals surface area contributed by atoms with Gasteiger partial charge in [0.1, 0.15) is 12.2 Å². The number of aryl methyl sites for hydroxylation is 2. The number of halogens is 1. The van der Waals surface area contributed by atoms with Gasteiger partial charge in [-0.25, -0.2) is 18.0 Å². The van der Waals surface area contributed by atoms with Crippen LogP contribution >= 0.6 is 15.9 Å². The summed E-state index contributed by atoms with van der Waals surface area (Å²) < 4.78 is 43.9. The highest BCUT2D eigenvalue weighted by molar-refractivity contribution is 9.10. The largest absolute Gasteiger partial charge is 0.457 e. The van der Waals surface area contributed by atoms with Gasteiger partial charge in [0.15, 0.2) is 0 Å². The van der Waals surface area contributed by atoms with Gasteiger partial charge in [0.05, 0.1) is 23.7 Å². The van der Waals surface area contributed by atoms with Crippen LogP contribution in [0.5, 0.6) is 0 Å². The molecule has 178 valence electrons. The van der Waals surface area contributed by atoms with Crippen LogP contribution in [0.1, 0.15) is 33.5 Å². The van der Waals surface area contributed by atoms with Crippen LogP contribution in [0.15, 0.2) is 55.0 Å². The Labute approximate surface area is 204 Å². The molecule has 1 saturated heterocycles. The van der Waals surface area contributed by atoms with Crippen LogP contribution in [-0.2, 0) is 38.9 Å². The van der Waals surface area contributed by atoms with E-state index >= 15 is 0 Å². The van der Waals surface area contributed by atoms with Crippen molar-refractivity contribution in [1.82, 2.24) is 4.31 Å². The van der Waals surface area contributed by atoms with Gasteiger partial charge >= 0.3 is 11.6 Å². The molecule has 1 aliphatic carbocycles. The van der Waals surface area contributed by atoms with Gasteiger partial charge < -0.3 is 13.9 Å². The Kier molecular flexibility index (Phi) is 6.32. The molecule has 0 saturated carbocycles. The summed E-state index contributed by atoms with van der Waals surface area (Å²) >= 11 is 3.28. The molecule has 5 rings (SSSR count). The van der Waals surface area contributed by atoms with Gasteiger partial charge in [-0.3, -0.25) is 0 Å². The summed E-state index contributed by atoms with van der Waals surface area (Å²) in [4.78, 5) is 24.9. The number of hydrogen-bond acceptors (Lipinski definition) is 7. The van der Waals surface area contributed by atoms with E-state index in [1.165, 1.54) is 39.7 Å². The first-order chi connectivity index (χ1) is 16.3. The number of nitrogens with zero attached hydrogens (tertiary/aromatic N) is 1. The van der Waals surface area contributed by atoms with Crippen LogP contribution in [0.25, 0.3) is 11.0 Å². The Hall–Kier alpha value is -2.53. The molecule has 2 aromatic carbocycles. The summed E-state index contributed by atoms with van der Waals surface area (Å²) in [5, 5.41) is 0.736. The number of carbonyl (C=O) groups excluding carboxylic acids is 1. The van der Waals surface area contributed by atoms with Crippen molar-refractivity contribution in [2.75, 3.05) is 26.3 Å². The number of morpholine rings is 1. The average Bonchev–Trinajstić information content (AvgIpc) is 3.29. The van der Waals surface area contributed by atoms with Crippen molar-refractivity contribution >= 4 is 42.9 Å². The molecule has 1 aliphatic heterocycles. The highest BCUT2D eigenvalue weighted by atomic mass is 79.9. The van der Waals surface area contributed by atoms with Crippen molar-refractivity contribution in [3.63, 3.8) is 0 Å². The number of fused-ring (bicyclic) bond motifs is 2. The van der Waals surface area contributed by atoms with Crippen LogP contribution in [-0.4, -0.2) is 45.0 Å². The second kappa shape index (κ2) is 9.26. The zero-order valence-electron chi connectivity index (χ0n) is 18.2. The Morgan fingerprint density at radius 3 is 2.56 bits per heavy atom. The van der Waals surface area contributed by atoms with Gasteiger partial charge in [0.2, 0.25) is 10.0 Å². The first-order valence-electron chi connectivity index (χ1n) is 11.0. The van der Waals surface area contributed by atoms with E-state index in [4.69, 9.17) is 13.9 Å². The smallest absolute Gasteiger partial charge is 0.338 e. The van der Waals surface area contributed by atoms with Gasteiger partial charge in [-0.15, -0.1) is 0 Å². The maximum Gasteiger partial charge on any atom is 0.338 e. The van der Waals surface area contributed by atoms with Crippen molar-refractivity contribution in [3.05, 3.63) is 73.5 Å². The van der Waals surface area contributed by atoms with Gasteiger partial charge in [-0.05, 0) is 76.7 Å². The third kappa shape index (κ3) is 4.43. The number of ether oxygens (including phenoxy) is 2. The summed E-state index contributed by atoms with van der Waals surface area (Å²) in [7, 11) is -3.81. The molecule has 1 fully saturated rings. The predicted octanol–water partition coefficient (Wildman–Crippen LogP) is 3.42. The van der Waals surface area contributed by atoms with Crippen molar-refractivity contribution in [3.8, 4) is 0 Å². The molecule has 8 nitrogen and oxygen atoms in total. The molecular formula is C24H22BrNO7S. The lowest BCUT2D eigenvalue weighted by Crippen LogP contribution is -2.40. The first-order valence-corrected chi connectivity index (χ1v) is 13.2. The molecule has 1 aromatic heterocycles. The van der Waals surface area contributed by atoms with E-state index in [0.29, 0.717) is 28.8 Å². The molecule has 0 spiro atoms. The molecule has 0 N–H and O–H groups in total. The molecule has 2 heterocycles. The maximum atomic E-state index is 13.1. The van der Waals surface area contributed by atoms with Gasteiger partial charge in [-0.2, -0.15) is 4.31 Å². The molecule has 0 atom stereocenters. The monoisotopic (exact) mass is 547 g/mol. The van der Waals surface area contributed by atoms with Gasteiger partial charge in [0, 0.05) is 34.6 Å². The molecule has 10 heteroatoms. The number of benzene rings is 2. The van der Waals surface area contributed by atoms with Crippen LogP contribution in [0.4, 0.5) is 0 Å². The van der Waals surface area contributed by atoms with Crippen molar-refractivity contribution < 1.29 is 27.1 Å². The van der Waals surface area contributed by atoms with E-state index in [2.05, 4.69) is 15.9 Å². The third-order valence-corrected chi connectivity index (χ3v) is 9.05. The zero-order valence-corrected chi connectivity index (χ0v) is 20.6. The Bertz CT molecular complexity index is 1440. The van der Waals surface area contributed by atoms with E-state index in [1.807, 2.05) is 12.1 Å². The fourth-order valence-electron chi connectivity index (χ4n) is 4.39. The number of rotatable bonds is 5. The van der Waals surface area contributed by atoms with Crippen LogP contribution in [0.3, 0.4) is 0 Å². The summed E-state index contributed by atoms with van der Waals surface area (Å²) in [5.74, 6) is -0.687. The minimum Gasteiger partial charge on any atom is -0.457 e. The Morgan fingerprint density at radius 1 is 1.06 bits per heavy atom. The standard InChI is InChI=1S/C24H22BrNO7S/c25-20-5-4-17(12-22(20)34(29,30)26-6-8-31-9-7-26)24(28)32-14-18-13-23(27)33-21-11-16-3-1-2-15(16)10-19(18)21/h4-5,10-13H,1-3,6-9,14H2. The molecular weight excluding hydrogens is 526 g/mol. The summed E-state index contributed by atoms with van der Waals surface area (Å²) in [5.41, 5.74) is 2.99. The van der Waals surface area contributed by atoms with E-state index in [-0.39, 0.29) is 30.2 Å². The molecule has 0 unspecified atom stereocenters. The molecule has 34 heavy (non-hydrogen) atoms. The number of sulfonamides is 1. The molecule has 0 amide bonds. The van der Waals surface area contributed by atoms with Crippen LogP contribution in [0.2, 0.25) is 0 Å². The van der Waals surface area contributed by atoms with Crippen molar-refractivity contribution in [1.29, 1.82) is 0 Å². The highest BCUT2D eigenvalue weighted by Crippen LogP contribution is 2.30. The Morgan fingerprint density at radius 2 is 1.79 bits per heavy atom. The van der Waals surface area contributed by atoms with E-state index in [9.17, 15) is 18.0 Å². The minimum absolute atomic E-state index is 0.00906. The van der Waals surface area contributed by atoms with E-state index in [1.54, 1.807) is 0 Å². The van der Waals surface area contributed by atoms with Gasteiger partial charge in [0.25, 0.3) is 0 Å². The molecule has 2 aliphatic rings. The van der Waals surface area contributed by atoms with Crippen molar-refractivity contribution in [2.45, 2.75) is 30.8 Å². The Balaban J connectivity index is 1.40. The van der Waals surface area contributed by atoms with Crippen LogP contribution in [0, 0.1) is 0 Å². The SMILES string of the molecule is O=C(OCc1cc(=O)oc2cc3c(cc12)CCC3)c1ccc(Br)c(S(=O)(=O)N2CCOCC2)c1. The molecule has 3 aromatic rings. The second-order valence-corrected chi connectivity index (χ2v) is 11.1. The van der Waals surface area contributed by atoms with E-state index < -0.39 is 21.6 Å². The lowest BCUT2D eigenvalue weighted by Gasteiger charge is -2.26. The van der Waals surface area contributed by atoms with Gasteiger partial charge in [-0.1, -0.05) is 0 Å². The summed E-state index contributed by atoms with van der Waals surface area (Å²) in [6.07, 6.45) is 2.97. The lowest BCUT2D eigenvalue weighted by molar-refractivity contribution is 0.0473. The highest BCUT2D eigenvalue weighted by Gasteiger charge is 2.29. The fourth-order valence-corrected chi connectivity index (χ4v) is 6.75. The lowest BCUT2D eigenvalue weighted by atomic mass is 10.0. The number of esters is 1. The fraction of sp³-hybridized carbons (Fsp3) is 0.333. The van der Waals surface area contributed by atoms with Crippen LogP contribution < -0.4 is 5.63 Å². The van der Waals surface area contributed by atoms with Crippen molar-refractivity contribution in [2.24, 2.45) is 0 Å². The average molecular weight is 548 g/mol. The zero-order chi connectivity index (χ0) is 23.9. The number of carbonyl (C=O) groups is 1. The second-order valence-electron chi connectivity index (χ2n) is 8.30. The topological polar surface area (TPSA) is 103 Å². The third-order valence-electron chi connectivity index (χ3n) is 6.16. The predicted molar refractivity (Wildman–Crippen MR) is 127 cm³/mol. The summed E-state index contributed by atoms with van der Waals surface area (Å²) in [6.45, 7) is 0.997. The normalized spacial score (nSPS) is 16.5. The summed E-state index contributed by atoms with van der Waals surface area (Å²) in [6, 6.07) is 9.53. The molecule has 0 radical (unpaired) electrons. The van der Waals surface area contributed by atoms with E-state index in [0.717, 1.165) is 24.6 Å². The first kappa shape index (κ1) is 23.2. The quantitative estimate of drug-likeness (QED) is 0.356. The molecule has 0 bridgehead atoms. The number of hydrogen-bond donors (Lipinski definition) is 0. The minimum atomic E-state index is -3.81.